The fourth-order valence-electron chi connectivity index (χ4n) is 3.22. The van der Waals surface area contributed by atoms with Gasteiger partial charge in [0.1, 0.15) is 0 Å². The molecular formula is C17H28Cl2N2O2. The average molecular weight is 363 g/mol. The maximum absolute atomic E-state index is 5.48. The van der Waals surface area contributed by atoms with Crippen LogP contribution >= 0.6 is 24.8 Å². The van der Waals surface area contributed by atoms with Gasteiger partial charge in [-0.25, -0.2) is 0 Å². The highest BCUT2D eigenvalue weighted by Gasteiger charge is 2.30. The number of ether oxygens (including phenoxy) is 2. The van der Waals surface area contributed by atoms with Crippen LogP contribution in [0.15, 0.2) is 18.2 Å². The molecule has 0 bridgehead atoms. The lowest BCUT2D eigenvalue weighted by Crippen LogP contribution is -2.45. The molecule has 1 N–H and O–H groups in total. The van der Waals surface area contributed by atoms with Gasteiger partial charge in [-0.15, -0.1) is 24.8 Å². The van der Waals surface area contributed by atoms with E-state index in [1.807, 2.05) is 6.07 Å². The molecule has 1 saturated heterocycles. The number of nitrogens with zero attached hydrogens (tertiary/aromatic N) is 1. The van der Waals surface area contributed by atoms with Gasteiger partial charge in [-0.05, 0) is 30.0 Å². The monoisotopic (exact) mass is 362 g/mol. The van der Waals surface area contributed by atoms with Crippen LogP contribution in [0.2, 0.25) is 0 Å². The minimum atomic E-state index is 0. The molecule has 1 aromatic rings. The van der Waals surface area contributed by atoms with Gasteiger partial charge in [0, 0.05) is 32.2 Å². The standard InChI is InChI=1S/C17H26N2O2.2ClH/c1-20-16-6-5-14(12-17(16)21-2)15(11-13-3-4-13)19-9-7-18-8-10-19;;/h5-6,12-13,15,18H,3-4,7-11H2,1-2H3;2*1H/t15-;;/m1../s1. The highest BCUT2D eigenvalue weighted by atomic mass is 35.5. The third-order valence-electron chi connectivity index (χ3n) is 4.64. The number of rotatable bonds is 6. The van der Waals surface area contributed by atoms with Crippen molar-refractivity contribution in [2.45, 2.75) is 25.3 Å². The second kappa shape index (κ2) is 9.58. The summed E-state index contributed by atoms with van der Waals surface area (Å²) in [5, 5.41) is 3.44. The fraction of sp³-hybridized carbons (Fsp3) is 0.647. The number of hydrogen-bond acceptors (Lipinski definition) is 4. The first-order valence-electron chi connectivity index (χ1n) is 7.98. The normalized spacial score (nSPS) is 19.2. The maximum Gasteiger partial charge on any atom is 0.161 e. The van der Waals surface area contributed by atoms with Crippen molar-refractivity contribution in [1.29, 1.82) is 0 Å². The summed E-state index contributed by atoms with van der Waals surface area (Å²) in [6.45, 7) is 4.44. The van der Waals surface area contributed by atoms with Crippen LogP contribution in [0, 0.1) is 5.92 Å². The van der Waals surface area contributed by atoms with E-state index in [2.05, 4.69) is 22.3 Å². The molecule has 1 aliphatic carbocycles. The van der Waals surface area contributed by atoms with Crippen molar-refractivity contribution in [3.05, 3.63) is 23.8 Å². The van der Waals surface area contributed by atoms with Gasteiger partial charge in [-0.3, -0.25) is 4.90 Å². The van der Waals surface area contributed by atoms with Gasteiger partial charge in [0.05, 0.1) is 14.2 Å². The van der Waals surface area contributed by atoms with Crippen molar-refractivity contribution in [2.75, 3.05) is 40.4 Å². The van der Waals surface area contributed by atoms with Crippen LogP contribution < -0.4 is 14.8 Å². The third-order valence-corrected chi connectivity index (χ3v) is 4.64. The van der Waals surface area contributed by atoms with Gasteiger partial charge < -0.3 is 14.8 Å². The predicted octanol–water partition coefficient (Wildman–Crippen LogP) is 3.29. The molecule has 3 rings (SSSR count). The van der Waals surface area contributed by atoms with E-state index < -0.39 is 0 Å². The van der Waals surface area contributed by atoms with Crippen molar-refractivity contribution >= 4 is 24.8 Å². The van der Waals surface area contributed by atoms with Crippen LogP contribution in [-0.2, 0) is 0 Å². The van der Waals surface area contributed by atoms with E-state index in [4.69, 9.17) is 9.47 Å². The molecule has 1 aromatic carbocycles. The molecule has 23 heavy (non-hydrogen) atoms. The molecule has 0 amide bonds. The van der Waals surface area contributed by atoms with Gasteiger partial charge in [-0.1, -0.05) is 18.9 Å². The van der Waals surface area contributed by atoms with Gasteiger partial charge in [0.15, 0.2) is 11.5 Å². The molecule has 1 saturated carbocycles. The van der Waals surface area contributed by atoms with Crippen LogP contribution in [-0.4, -0.2) is 45.3 Å². The Labute approximate surface area is 151 Å². The van der Waals surface area contributed by atoms with Crippen LogP contribution in [0.1, 0.15) is 30.9 Å². The Morgan fingerprint density at radius 2 is 1.74 bits per heavy atom. The second-order valence-electron chi connectivity index (χ2n) is 6.10. The Bertz CT molecular complexity index is 478. The number of nitrogens with one attached hydrogen (secondary N) is 1. The average Bonchev–Trinajstić information content (AvgIpc) is 3.37. The summed E-state index contributed by atoms with van der Waals surface area (Å²) in [6, 6.07) is 6.92. The van der Waals surface area contributed by atoms with Crippen molar-refractivity contribution in [2.24, 2.45) is 5.92 Å². The highest BCUT2D eigenvalue weighted by molar-refractivity contribution is 5.85. The summed E-state index contributed by atoms with van der Waals surface area (Å²) in [6.07, 6.45) is 4.07. The maximum atomic E-state index is 5.48. The van der Waals surface area contributed by atoms with Gasteiger partial charge in [-0.2, -0.15) is 0 Å². The van der Waals surface area contributed by atoms with E-state index in [0.29, 0.717) is 6.04 Å². The van der Waals surface area contributed by atoms with Gasteiger partial charge >= 0.3 is 0 Å². The number of piperazine rings is 1. The molecule has 1 aliphatic heterocycles. The molecule has 2 fully saturated rings. The number of halogens is 2. The first-order chi connectivity index (χ1) is 10.3. The first kappa shape index (κ1) is 20.4. The summed E-state index contributed by atoms with van der Waals surface area (Å²) < 4.78 is 10.8. The van der Waals surface area contributed by atoms with Crippen LogP contribution in [0.4, 0.5) is 0 Å². The Hall–Kier alpha value is -0.680. The van der Waals surface area contributed by atoms with Crippen molar-refractivity contribution in [3.8, 4) is 11.5 Å². The summed E-state index contributed by atoms with van der Waals surface area (Å²) >= 11 is 0. The quantitative estimate of drug-likeness (QED) is 0.841. The van der Waals surface area contributed by atoms with E-state index in [1.54, 1.807) is 14.2 Å². The SMILES string of the molecule is COc1ccc([C@@H](CC2CC2)N2CCNCC2)cc1OC.Cl.Cl. The van der Waals surface area contributed by atoms with E-state index in [-0.39, 0.29) is 24.8 Å². The lowest BCUT2D eigenvalue weighted by atomic mass is 9.98. The zero-order valence-corrected chi connectivity index (χ0v) is 15.5. The molecule has 1 heterocycles. The van der Waals surface area contributed by atoms with E-state index in [0.717, 1.165) is 43.6 Å². The Morgan fingerprint density at radius 1 is 1.09 bits per heavy atom. The third kappa shape index (κ3) is 5.15. The van der Waals surface area contributed by atoms with Crippen LogP contribution in [0.3, 0.4) is 0 Å². The number of methoxy groups -OCH3 is 2. The fourth-order valence-corrected chi connectivity index (χ4v) is 3.22. The summed E-state index contributed by atoms with van der Waals surface area (Å²) in [7, 11) is 3.40. The Kier molecular flexibility index (Phi) is 8.48. The predicted molar refractivity (Wildman–Crippen MR) is 98.6 cm³/mol. The number of benzene rings is 1. The molecule has 0 spiro atoms. The zero-order chi connectivity index (χ0) is 14.7. The van der Waals surface area contributed by atoms with Gasteiger partial charge in [0.25, 0.3) is 0 Å². The molecule has 132 valence electrons. The summed E-state index contributed by atoms with van der Waals surface area (Å²) in [5.41, 5.74) is 1.36. The smallest absolute Gasteiger partial charge is 0.161 e. The summed E-state index contributed by atoms with van der Waals surface area (Å²) in [4.78, 5) is 2.62. The van der Waals surface area contributed by atoms with Crippen LogP contribution in [0.5, 0.6) is 11.5 Å². The largest absolute Gasteiger partial charge is 0.493 e. The van der Waals surface area contributed by atoms with Gasteiger partial charge in [0.2, 0.25) is 0 Å². The van der Waals surface area contributed by atoms with Crippen LogP contribution in [0.25, 0.3) is 0 Å². The second-order valence-corrected chi connectivity index (χ2v) is 6.10. The topological polar surface area (TPSA) is 33.7 Å². The number of hydrogen-bond donors (Lipinski definition) is 1. The molecular weight excluding hydrogens is 335 g/mol. The lowest BCUT2D eigenvalue weighted by molar-refractivity contribution is 0.160. The van der Waals surface area contributed by atoms with E-state index in [9.17, 15) is 0 Å². The van der Waals surface area contributed by atoms with E-state index in [1.165, 1.54) is 24.8 Å². The highest BCUT2D eigenvalue weighted by Crippen LogP contribution is 2.41. The molecule has 0 radical (unpaired) electrons. The van der Waals surface area contributed by atoms with Crippen molar-refractivity contribution in [3.63, 3.8) is 0 Å². The molecule has 6 heteroatoms. The van der Waals surface area contributed by atoms with E-state index >= 15 is 0 Å². The first-order valence-corrected chi connectivity index (χ1v) is 7.98. The molecule has 2 aliphatic rings. The minimum Gasteiger partial charge on any atom is -0.493 e. The molecule has 1 atom stereocenters. The Morgan fingerprint density at radius 3 is 2.30 bits per heavy atom. The molecule has 4 nitrogen and oxygen atoms in total. The minimum absolute atomic E-state index is 0. The molecule has 0 unspecified atom stereocenters. The Balaban J connectivity index is 0.00000132. The zero-order valence-electron chi connectivity index (χ0n) is 13.9. The summed E-state index contributed by atoms with van der Waals surface area (Å²) in [5.74, 6) is 2.57. The van der Waals surface area contributed by atoms with Crippen molar-refractivity contribution in [1.82, 2.24) is 10.2 Å². The van der Waals surface area contributed by atoms with Crippen molar-refractivity contribution < 1.29 is 9.47 Å². The molecule has 0 aromatic heterocycles. The lowest BCUT2D eigenvalue weighted by Gasteiger charge is -2.35.